The Balaban J connectivity index is 1.59. The fraction of sp³-hybridized carbons (Fsp3) is 0.258. The highest BCUT2D eigenvalue weighted by Crippen LogP contribution is 2.37. The summed E-state index contributed by atoms with van der Waals surface area (Å²) in [6.45, 7) is 0. The number of ether oxygens (including phenoxy) is 2. The van der Waals surface area contributed by atoms with Crippen LogP contribution in [-0.2, 0) is 4.79 Å². The van der Waals surface area contributed by atoms with E-state index in [0.717, 1.165) is 42.8 Å². The van der Waals surface area contributed by atoms with Gasteiger partial charge in [-0.2, -0.15) is 4.37 Å². The minimum absolute atomic E-state index is 0.0561. The van der Waals surface area contributed by atoms with Crippen molar-refractivity contribution in [3.63, 3.8) is 0 Å². The molecule has 1 aromatic heterocycles. The van der Waals surface area contributed by atoms with Crippen molar-refractivity contribution in [2.75, 3.05) is 24.9 Å². The number of hydrogen-bond donors (Lipinski definition) is 2. The number of amides is 2. The van der Waals surface area contributed by atoms with Crippen LogP contribution in [0.5, 0.6) is 11.5 Å². The van der Waals surface area contributed by atoms with E-state index in [2.05, 4.69) is 9.69 Å². The lowest BCUT2D eigenvalue weighted by atomic mass is 10.0. The second-order valence-electron chi connectivity index (χ2n) is 9.82. The van der Waals surface area contributed by atoms with E-state index in [1.807, 2.05) is 24.3 Å². The minimum Gasteiger partial charge on any atom is -0.497 e. The zero-order chi connectivity index (χ0) is 28.9. The van der Waals surface area contributed by atoms with Gasteiger partial charge in [-0.05, 0) is 90.6 Å². The summed E-state index contributed by atoms with van der Waals surface area (Å²) in [6, 6.07) is 20.3. The van der Waals surface area contributed by atoms with Crippen LogP contribution < -0.4 is 25.4 Å². The highest BCUT2D eigenvalue weighted by molar-refractivity contribution is 7.09. The number of nitrogen functional groups attached to an aromatic ring is 1. The number of methoxy groups -OCH3 is 2. The van der Waals surface area contributed by atoms with Crippen LogP contribution in [-0.4, -0.2) is 36.4 Å². The van der Waals surface area contributed by atoms with Crippen LogP contribution in [0.1, 0.15) is 47.0 Å². The van der Waals surface area contributed by atoms with E-state index >= 15 is 0 Å². The third kappa shape index (κ3) is 6.16. The highest BCUT2D eigenvalue weighted by atomic mass is 35.5. The van der Waals surface area contributed by atoms with Gasteiger partial charge in [0.1, 0.15) is 28.1 Å². The number of hydrogen-bond acceptors (Lipinski definition) is 7. The molecule has 3 aromatic carbocycles. The molecule has 41 heavy (non-hydrogen) atoms. The molecule has 0 aliphatic heterocycles. The molecular formula is C31H31ClN4O4S. The highest BCUT2D eigenvalue weighted by Gasteiger charge is 2.36. The molecule has 5 rings (SSSR count). The van der Waals surface area contributed by atoms with E-state index in [1.54, 1.807) is 62.8 Å². The van der Waals surface area contributed by atoms with E-state index in [0.29, 0.717) is 33.5 Å². The maximum absolute atomic E-state index is 14.4. The predicted octanol–water partition coefficient (Wildman–Crippen LogP) is 6.51. The molecule has 0 radical (unpaired) electrons. The lowest BCUT2D eigenvalue weighted by Gasteiger charge is -2.32. The molecule has 0 saturated heterocycles. The largest absolute Gasteiger partial charge is 0.497 e. The molecule has 4 aromatic rings. The molecule has 1 aliphatic rings. The quantitative estimate of drug-likeness (QED) is 0.230. The third-order valence-electron chi connectivity index (χ3n) is 7.25. The molecule has 8 nitrogen and oxygen atoms in total. The number of benzene rings is 3. The van der Waals surface area contributed by atoms with Gasteiger partial charge in [0, 0.05) is 22.3 Å². The van der Waals surface area contributed by atoms with Gasteiger partial charge >= 0.3 is 0 Å². The molecule has 1 unspecified atom stereocenters. The molecule has 10 heteroatoms. The van der Waals surface area contributed by atoms with E-state index in [4.69, 9.17) is 26.8 Å². The maximum atomic E-state index is 14.4. The second-order valence-corrected chi connectivity index (χ2v) is 11.0. The van der Waals surface area contributed by atoms with Crippen molar-refractivity contribution < 1.29 is 19.1 Å². The van der Waals surface area contributed by atoms with Crippen molar-refractivity contribution in [1.29, 1.82) is 0 Å². The molecule has 1 saturated carbocycles. The molecule has 3 N–H and O–H groups in total. The monoisotopic (exact) mass is 590 g/mol. The Kier molecular flexibility index (Phi) is 8.75. The second kappa shape index (κ2) is 12.6. The summed E-state index contributed by atoms with van der Waals surface area (Å²) in [7, 11) is 3.17. The van der Waals surface area contributed by atoms with Crippen LogP contribution in [0.3, 0.4) is 0 Å². The van der Waals surface area contributed by atoms with Gasteiger partial charge in [-0.1, -0.05) is 36.6 Å². The molecule has 2 amide bonds. The first-order valence-corrected chi connectivity index (χ1v) is 14.5. The number of carbonyl (C=O) groups excluding carboxylic acids is 2. The molecule has 212 valence electrons. The zero-order valence-electron chi connectivity index (χ0n) is 22.8. The number of nitrogens with one attached hydrogen (secondary N) is 1. The Morgan fingerprint density at radius 2 is 1.54 bits per heavy atom. The van der Waals surface area contributed by atoms with Crippen LogP contribution in [0, 0.1) is 0 Å². The van der Waals surface area contributed by atoms with Crippen molar-refractivity contribution >= 4 is 46.3 Å². The summed E-state index contributed by atoms with van der Waals surface area (Å²) < 4.78 is 15.1. The summed E-state index contributed by atoms with van der Waals surface area (Å²) in [5, 5.41) is 3.70. The Hall–Kier alpha value is -4.08. The molecule has 1 fully saturated rings. The Morgan fingerprint density at radius 1 is 0.951 bits per heavy atom. The predicted molar refractivity (Wildman–Crippen MR) is 163 cm³/mol. The molecular weight excluding hydrogens is 560 g/mol. The first-order chi connectivity index (χ1) is 19.9. The smallest absolute Gasteiger partial charge is 0.273 e. The van der Waals surface area contributed by atoms with Gasteiger partial charge in [0.2, 0.25) is 5.91 Å². The molecule has 1 heterocycles. The lowest BCUT2D eigenvalue weighted by Crippen LogP contribution is -2.46. The van der Waals surface area contributed by atoms with Gasteiger partial charge < -0.3 is 20.5 Å². The standard InChI is InChI=1S/C31H31ClN4O4S/c1-39-24-15-7-19(8-16-24)27-26(33)29(41-35-27)31(38)36(23-13-11-21(32)12-14-23)28(20-9-17-25(40-2)18-10-20)30(37)34-22-5-3-4-6-22/h7-18,22,28H,3-6,33H2,1-2H3,(H,34,37). The van der Waals surface area contributed by atoms with E-state index in [1.165, 1.54) is 4.90 Å². The normalized spacial score (nSPS) is 13.9. The van der Waals surface area contributed by atoms with Crippen LogP contribution in [0.15, 0.2) is 72.8 Å². The molecule has 1 atom stereocenters. The van der Waals surface area contributed by atoms with Crippen molar-refractivity contribution in [3.8, 4) is 22.8 Å². The number of aromatic nitrogens is 1. The average molecular weight is 591 g/mol. The van der Waals surface area contributed by atoms with Gasteiger partial charge in [0.25, 0.3) is 5.91 Å². The van der Waals surface area contributed by atoms with E-state index < -0.39 is 11.9 Å². The first-order valence-electron chi connectivity index (χ1n) is 13.3. The molecule has 0 spiro atoms. The summed E-state index contributed by atoms with van der Waals surface area (Å²) in [4.78, 5) is 30.2. The van der Waals surface area contributed by atoms with Gasteiger partial charge in [-0.15, -0.1) is 0 Å². The van der Waals surface area contributed by atoms with Crippen LogP contribution in [0.25, 0.3) is 11.3 Å². The Labute approximate surface area is 248 Å². The number of halogens is 1. The molecule has 0 bridgehead atoms. The number of nitrogens with two attached hydrogens (primary N) is 1. The van der Waals surface area contributed by atoms with Crippen LogP contribution >= 0.6 is 23.1 Å². The number of carbonyl (C=O) groups is 2. The van der Waals surface area contributed by atoms with Crippen molar-refractivity contribution in [2.24, 2.45) is 0 Å². The number of nitrogens with zero attached hydrogens (tertiary/aromatic N) is 2. The number of anilines is 2. The molecule has 1 aliphatic carbocycles. The third-order valence-corrected chi connectivity index (χ3v) is 8.35. The van der Waals surface area contributed by atoms with Crippen molar-refractivity contribution in [2.45, 2.75) is 37.8 Å². The first kappa shape index (κ1) is 28.4. The van der Waals surface area contributed by atoms with Gasteiger partial charge in [0.05, 0.1) is 19.9 Å². The summed E-state index contributed by atoms with van der Waals surface area (Å²) in [6.07, 6.45) is 3.93. The number of rotatable bonds is 9. The fourth-order valence-electron chi connectivity index (χ4n) is 5.06. The maximum Gasteiger partial charge on any atom is 0.273 e. The minimum atomic E-state index is -0.985. The summed E-state index contributed by atoms with van der Waals surface area (Å²) in [5.41, 5.74) is 9.18. The fourth-order valence-corrected chi connectivity index (χ4v) is 5.94. The lowest BCUT2D eigenvalue weighted by molar-refractivity contribution is -0.123. The van der Waals surface area contributed by atoms with Crippen LogP contribution in [0.4, 0.5) is 11.4 Å². The van der Waals surface area contributed by atoms with Gasteiger partial charge in [0.15, 0.2) is 0 Å². The Morgan fingerprint density at radius 3 is 2.12 bits per heavy atom. The van der Waals surface area contributed by atoms with Crippen molar-refractivity contribution in [1.82, 2.24) is 9.69 Å². The zero-order valence-corrected chi connectivity index (χ0v) is 24.4. The van der Waals surface area contributed by atoms with E-state index in [9.17, 15) is 9.59 Å². The Bertz CT molecular complexity index is 1500. The summed E-state index contributed by atoms with van der Waals surface area (Å²) in [5.74, 6) is 0.626. The van der Waals surface area contributed by atoms with Crippen molar-refractivity contribution in [3.05, 3.63) is 88.3 Å². The average Bonchev–Trinajstić information content (AvgIpc) is 3.65. The van der Waals surface area contributed by atoms with Gasteiger partial charge in [-0.3, -0.25) is 14.5 Å². The van der Waals surface area contributed by atoms with Crippen LogP contribution in [0.2, 0.25) is 5.02 Å². The topological polar surface area (TPSA) is 107 Å². The summed E-state index contributed by atoms with van der Waals surface area (Å²) >= 11 is 7.21. The van der Waals surface area contributed by atoms with E-state index in [-0.39, 0.29) is 22.5 Å². The van der Waals surface area contributed by atoms with Gasteiger partial charge in [-0.25, -0.2) is 0 Å². The SMILES string of the molecule is COc1ccc(-c2nsc(C(=O)N(c3ccc(Cl)cc3)C(C(=O)NC3CCCC3)c3ccc(OC)cc3)c2N)cc1.